The van der Waals surface area contributed by atoms with Crippen LogP contribution in [-0.2, 0) is 23.2 Å². The highest BCUT2D eigenvalue weighted by Crippen LogP contribution is 2.24. The van der Waals surface area contributed by atoms with Gasteiger partial charge in [0.15, 0.2) is 17.6 Å². The Morgan fingerprint density at radius 1 is 1.11 bits per heavy atom. The van der Waals surface area contributed by atoms with Crippen LogP contribution in [0.25, 0.3) is 0 Å². The van der Waals surface area contributed by atoms with Gasteiger partial charge in [0, 0.05) is 13.1 Å². The minimum atomic E-state index is -0.556. The molecule has 0 bridgehead atoms. The van der Waals surface area contributed by atoms with Gasteiger partial charge in [-0.15, -0.1) is 10.2 Å². The molecule has 0 unspecified atom stereocenters. The lowest BCUT2D eigenvalue weighted by Crippen LogP contribution is -2.29. The van der Waals surface area contributed by atoms with E-state index in [0.717, 1.165) is 11.8 Å². The highest BCUT2D eigenvalue weighted by Gasteiger charge is 2.16. The van der Waals surface area contributed by atoms with E-state index in [0.29, 0.717) is 22.6 Å². The van der Waals surface area contributed by atoms with Crippen LogP contribution in [0.1, 0.15) is 31.2 Å². The molecule has 2 aromatic carbocycles. The Morgan fingerprint density at radius 2 is 1.83 bits per heavy atom. The number of anilines is 1. The van der Waals surface area contributed by atoms with Crippen LogP contribution in [-0.4, -0.2) is 43.9 Å². The summed E-state index contributed by atoms with van der Waals surface area (Å²) in [5, 5.41) is 24.9. The van der Waals surface area contributed by atoms with Gasteiger partial charge in [0.05, 0.1) is 17.2 Å². The van der Waals surface area contributed by atoms with Crippen LogP contribution in [0.3, 0.4) is 0 Å². The number of thioether (sulfide) groups is 1. The smallest absolute Gasteiger partial charge is 0.292 e. The number of amides is 2. The van der Waals surface area contributed by atoms with E-state index in [1.54, 1.807) is 17.7 Å². The lowest BCUT2D eigenvalue weighted by Gasteiger charge is -2.09. The summed E-state index contributed by atoms with van der Waals surface area (Å²) < 4.78 is 7.18. The lowest BCUT2D eigenvalue weighted by molar-refractivity contribution is -0.383. The summed E-state index contributed by atoms with van der Waals surface area (Å²) in [6.45, 7) is 4.22. The van der Waals surface area contributed by atoms with Crippen molar-refractivity contribution in [2.45, 2.75) is 31.5 Å². The molecular formula is C23H26N6O5S. The van der Waals surface area contributed by atoms with Crippen molar-refractivity contribution < 1.29 is 19.2 Å². The van der Waals surface area contributed by atoms with Crippen molar-refractivity contribution in [3.63, 3.8) is 0 Å². The molecule has 1 aromatic heterocycles. The number of hydrogen-bond donors (Lipinski definition) is 2. The molecule has 0 fully saturated rings. The zero-order valence-electron chi connectivity index (χ0n) is 19.6. The molecular weight excluding hydrogens is 472 g/mol. The minimum absolute atomic E-state index is 0.0200. The predicted molar refractivity (Wildman–Crippen MR) is 131 cm³/mol. The Labute approximate surface area is 206 Å². The second-order valence-corrected chi connectivity index (χ2v) is 8.80. The number of carbonyl (C=O) groups excluding carboxylic acids is 2. The fourth-order valence-corrected chi connectivity index (χ4v) is 3.74. The summed E-state index contributed by atoms with van der Waals surface area (Å²) in [5.41, 5.74) is 1.14. The molecule has 0 aliphatic rings. The first-order chi connectivity index (χ1) is 16.7. The van der Waals surface area contributed by atoms with Crippen molar-refractivity contribution in [1.29, 1.82) is 0 Å². The molecule has 3 aromatic rings. The van der Waals surface area contributed by atoms with Gasteiger partial charge in [0.2, 0.25) is 5.91 Å². The highest BCUT2D eigenvalue weighted by molar-refractivity contribution is 7.99. The van der Waals surface area contributed by atoms with E-state index < -0.39 is 10.8 Å². The SMILES string of the molecule is CC(C)c1ccc(OCC(=O)NCc2nnc(SCC(=O)Nc3ccccc3[N+](=O)[O-])n2C)cc1. The third-order valence-corrected chi connectivity index (χ3v) is 6.01. The van der Waals surface area contributed by atoms with Gasteiger partial charge in [0.25, 0.3) is 11.6 Å². The van der Waals surface area contributed by atoms with E-state index in [4.69, 9.17) is 4.74 Å². The Morgan fingerprint density at radius 3 is 2.51 bits per heavy atom. The van der Waals surface area contributed by atoms with Crippen molar-refractivity contribution in [3.8, 4) is 5.75 Å². The molecule has 11 nitrogen and oxygen atoms in total. The number of nitrogens with zero attached hydrogens (tertiary/aromatic N) is 4. The second-order valence-electron chi connectivity index (χ2n) is 7.86. The van der Waals surface area contributed by atoms with E-state index in [2.05, 4.69) is 34.7 Å². The lowest BCUT2D eigenvalue weighted by atomic mass is 10.0. The van der Waals surface area contributed by atoms with E-state index in [-0.39, 0.29) is 36.2 Å². The Balaban J connectivity index is 1.45. The molecule has 0 spiro atoms. The summed E-state index contributed by atoms with van der Waals surface area (Å²) in [6, 6.07) is 13.5. The molecule has 3 rings (SSSR count). The third kappa shape index (κ3) is 7.27. The minimum Gasteiger partial charge on any atom is -0.484 e. The van der Waals surface area contributed by atoms with Crippen molar-refractivity contribution in [2.24, 2.45) is 7.05 Å². The van der Waals surface area contributed by atoms with Crippen LogP contribution in [0.4, 0.5) is 11.4 Å². The normalized spacial score (nSPS) is 10.7. The Hall–Kier alpha value is -3.93. The van der Waals surface area contributed by atoms with E-state index in [1.807, 2.05) is 24.3 Å². The second kappa shape index (κ2) is 12.0. The number of nitrogens with one attached hydrogen (secondary N) is 2. The maximum absolute atomic E-state index is 12.3. The third-order valence-electron chi connectivity index (χ3n) is 4.99. The number of nitro groups is 1. The van der Waals surface area contributed by atoms with E-state index >= 15 is 0 Å². The van der Waals surface area contributed by atoms with Gasteiger partial charge in [0.1, 0.15) is 11.4 Å². The zero-order chi connectivity index (χ0) is 25.4. The van der Waals surface area contributed by atoms with E-state index in [1.165, 1.54) is 23.8 Å². The van der Waals surface area contributed by atoms with Crippen LogP contribution in [0.15, 0.2) is 53.7 Å². The van der Waals surface area contributed by atoms with Gasteiger partial charge in [-0.3, -0.25) is 19.7 Å². The van der Waals surface area contributed by atoms with Gasteiger partial charge in [-0.1, -0.05) is 49.9 Å². The summed E-state index contributed by atoms with van der Waals surface area (Å²) in [5.74, 6) is 0.789. The summed E-state index contributed by atoms with van der Waals surface area (Å²) in [4.78, 5) is 34.9. The molecule has 0 radical (unpaired) electrons. The van der Waals surface area contributed by atoms with Crippen LogP contribution < -0.4 is 15.4 Å². The summed E-state index contributed by atoms with van der Waals surface area (Å²) in [6.07, 6.45) is 0. The molecule has 0 atom stereocenters. The number of nitro benzene ring substituents is 1. The van der Waals surface area contributed by atoms with Gasteiger partial charge >= 0.3 is 0 Å². The standard InChI is InChI=1S/C23H26N6O5S/c1-15(2)16-8-10-17(11-9-16)34-13-21(30)24-12-20-26-27-23(28(20)3)35-14-22(31)25-18-6-4-5-7-19(18)29(32)33/h4-11,15H,12-14H2,1-3H3,(H,24,30)(H,25,31). The molecule has 0 saturated heterocycles. The molecule has 1 heterocycles. The molecule has 0 aliphatic heterocycles. The number of hydrogen-bond acceptors (Lipinski definition) is 8. The van der Waals surface area contributed by atoms with Crippen LogP contribution in [0.5, 0.6) is 5.75 Å². The zero-order valence-corrected chi connectivity index (χ0v) is 20.4. The average molecular weight is 499 g/mol. The first-order valence-electron chi connectivity index (χ1n) is 10.8. The maximum Gasteiger partial charge on any atom is 0.292 e. The Bertz CT molecular complexity index is 1200. The van der Waals surface area contributed by atoms with Crippen LogP contribution in [0, 0.1) is 10.1 Å². The van der Waals surface area contributed by atoms with Gasteiger partial charge in [-0.05, 0) is 29.7 Å². The van der Waals surface area contributed by atoms with E-state index in [9.17, 15) is 19.7 Å². The number of benzene rings is 2. The monoisotopic (exact) mass is 498 g/mol. The quantitative estimate of drug-likeness (QED) is 0.233. The first kappa shape index (κ1) is 25.7. The molecule has 35 heavy (non-hydrogen) atoms. The first-order valence-corrected chi connectivity index (χ1v) is 11.8. The molecule has 0 aliphatic carbocycles. The van der Waals surface area contributed by atoms with Crippen molar-refractivity contribution >= 4 is 35.0 Å². The molecule has 2 N–H and O–H groups in total. The largest absolute Gasteiger partial charge is 0.484 e. The van der Waals surface area contributed by atoms with Gasteiger partial charge < -0.3 is 19.9 Å². The van der Waals surface area contributed by atoms with Crippen LogP contribution >= 0.6 is 11.8 Å². The topological polar surface area (TPSA) is 141 Å². The molecule has 184 valence electrons. The molecule has 12 heteroatoms. The fraction of sp³-hybridized carbons (Fsp3) is 0.304. The highest BCUT2D eigenvalue weighted by atomic mass is 32.2. The van der Waals surface area contributed by atoms with Gasteiger partial charge in [-0.2, -0.15) is 0 Å². The summed E-state index contributed by atoms with van der Waals surface area (Å²) >= 11 is 1.12. The fourth-order valence-electron chi connectivity index (χ4n) is 3.01. The number of carbonyl (C=O) groups is 2. The number of rotatable bonds is 11. The van der Waals surface area contributed by atoms with Crippen molar-refractivity contribution in [2.75, 3.05) is 17.7 Å². The predicted octanol–water partition coefficient (Wildman–Crippen LogP) is 3.27. The van der Waals surface area contributed by atoms with Crippen molar-refractivity contribution in [1.82, 2.24) is 20.1 Å². The summed E-state index contributed by atoms with van der Waals surface area (Å²) in [7, 11) is 1.72. The average Bonchev–Trinajstić information content (AvgIpc) is 3.19. The maximum atomic E-state index is 12.3. The Kier molecular flexibility index (Phi) is 8.79. The number of ether oxygens (including phenoxy) is 1. The van der Waals surface area contributed by atoms with Crippen molar-refractivity contribution in [3.05, 3.63) is 70.0 Å². The van der Waals surface area contributed by atoms with Gasteiger partial charge in [-0.25, -0.2) is 0 Å². The van der Waals surface area contributed by atoms with Crippen LogP contribution in [0.2, 0.25) is 0 Å². The molecule has 0 saturated carbocycles. The number of aromatic nitrogens is 3. The molecule has 2 amide bonds. The number of para-hydroxylation sites is 2.